The third-order valence-corrected chi connectivity index (χ3v) is 3.80. The van der Waals surface area contributed by atoms with E-state index in [0.717, 1.165) is 24.0 Å². The van der Waals surface area contributed by atoms with Gasteiger partial charge in [-0.3, -0.25) is 4.79 Å². The zero-order valence-electron chi connectivity index (χ0n) is 11.2. The normalized spacial score (nSPS) is 24.1. The number of nitrogens with zero attached hydrogens (tertiary/aromatic N) is 1. The summed E-state index contributed by atoms with van der Waals surface area (Å²) in [7, 11) is 0. The number of carbonyl (C=O) groups is 1. The predicted octanol–water partition coefficient (Wildman–Crippen LogP) is 2.34. The van der Waals surface area contributed by atoms with Gasteiger partial charge in [-0.1, -0.05) is 17.7 Å². The minimum atomic E-state index is 0.126. The van der Waals surface area contributed by atoms with Crippen molar-refractivity contribution in [1.82, 2.24) is 4.90 Å². The molecule has 0 bridgehead atoms. The Kier molecular flexibility index (Phi) is 4.02. The molecule has 0 aromatic heterocycles. The van der Waals surface area contributed by atoms with E-state index in [1.165, 1.54) is 6.42 Å². The summed E-state index contributed by atoms with van der Waals surface area (Å²) in [6.07, 6.45) is 3.27. The highest BCUT2D eigenvalue weighted by Gasteiger charge is 2.31. The van der Waals surface area contributed by atoms with Crippen molar-refractivity contribution in [2.45, 2.75) is 45.2 Å². The SMILES string of the molecule is Cc1cccc(C(=O)N2C(C)CCCC2CN)c1. The Bertz CT molecular complexity index is 430. The largest absolute Gasteiger partial charge is 0.332 e. The molecule has 0 aliphatic carbocycles. The van der Waals surface area contributed by atoms with Crippen LogP contribution in [0.1, 0.15) is 42.1 Å². The summed E-state index contributed by atoms with van der Waals surface area (Å²) in [4.78, 5) is 14.6. The number of amides is 1. The van der Waals surface area contributed by atoms with Crippen LogP contribution in [-0.2, 0) is 0 Å². The molecule has 3 nitrogen and oxygen atoms in total. The average Bonchev–Trinajstić information content (AvgIpc) is 2.37. The van der Waals surface area contributed by atoms with Gasteiger partial charge in [0.05, 0.1) is 0 Å². The first kappa shape index (κ1) is 13.1. The van der Waals surface area contributed by atoms with Crippen LogP contribution in [-0.4, -0.2) is 29.4 Å². The molecule has 1 aromatic rings. The number of likely N-dealkylation sites (tertiary alicyclic amines) is 1. The molecule has 1 amide bonds. The van der Waals surface area contributed by atoms with Gasteiger partial charge in [-0.15, -0.1) is 0 Å². The zero-order valence-corrected chi connectivity index (χ0v) is 11.2. The Morgan fingerprint density at radius 2 is 2.22 bits per heavy atom. The molecule has 1 aromatic carbocycles. The van der Waals surface area contributed by atoms with Gasteiger partial charge in [0.1, 0.15) is 0 Å². The average molecular weight is 246 g/mol. The first-order valence-corrected chi connectivity index (χ1v) is 6.73. The maximum Gasteiger partial charge on any atom is 0.254 e. The fourth-order valence-corrected chi connectivity index (χ4v) is 2.81. The second-order valence-electron chi connectivity index (χ2n) is 5.25. The number of nitrogens with two attached hydrogens (primary N) is 1. The van der Waals surface area contributed by atoms with Gasteiger partial charge in [0.25, 0.3) is 5.91 Å². The number of benzene rings is 1. The van der Waals surface area contributed by atoms with E-state index in [1.54, 1.807) is 0 Å². The summed E-state index contributed by atoms with van der Waals surface area (Å²) < 4.78 is 0. The van der Waals surface area contributed by atoms with Gasteiger partial charge in [-0.2, -0.15) is 0 Å². The monoisotopic (exact) mass is 246 g/mol. The van der Waals surface area contributed by atoms with Gasteiger partial charge in [-0.25, -0.2) is 0 Å². The van der Waals surface area contributed by atoms with Crippen molar-refractivity contribution < 1.29 is 4.79 Å². The van der Waals surface area contributed by atoms with Crippen molar-refractivity contribution in [3.05, 3.63) is 35.4 Å². The summed E-state index contributed by atoms with van der Waals surface area (Å²) in [6, 6.07) is 8.29. The van der Waals surface area contributed by atoms with E-state index in [1.807, 2.05) is 36.1 Å². The van der Waals surface area contributed by atoms with E-state index >= 15 is 0 Å². The van der Waals surface area contributed by atoms with Crippen molar-refractivity contribution in [3.8, 4) is 0 Å². The number of hydrogen-bond donors (Lipinski definition) is 1. The van der Waals surface area contributed by atoms with Crippen LogP contribution in [0.4, 0.5) is 0 Å². The lowest BCUT2D eigenvalue weighted by atomic mass is 9.95. The molecule has 2 N–H and O–H groups in total. The van der Waals surface area contributed by atoms with E-state index < -0.39 is 0 Å². The summed E-state index contributed by atoms with van der Waals surface area (Å²) >= 11 is 0. The van der Waals surface area contributed by atoms with Crippen molar-refractivity contribution >= 4 is 5.91 Å². The highest BCUT2D eigenvalue weighted by atomic mass is 16.2. The van der Waals surface area contributed by atoms with Crippen LogP contribution < -0.4 is 5.73 Å². The third kappa shape index (κ3) is 2.56. The van der Waals surface area contributed by atoms with E-state index in [-0.39, 0.29) is 11.9 Å². The molecule has 1 fully saturated rings. The molecule has 0 radical (unpaired) electrons. The van der Waals surface area contributed by atoms with Gasteiger partial charge >= 0.3 is 0 Å². The number of piperidine rings is 1. The fourth-order valence-electron chi connectivity index (χ4n) is 2.81. The number of carbonyl (C=O) groups excluding carboxylic acids is 1. The lowest BCUT2D eigenvalue weighted by Gasteiger charge is -2.40. The molecule has 1 aliphatic heterocycles. The molecule has 2 atom stereocenters. The van der Waals surface area contributed by atoms with E-state index in [9.17, 15) is 4.79 Å². The molecule has 1 aliphatic rings. The van der Waals surface area contributed by atoms with Crippen LogP contribution in [0, 0.1) is 6.92 Å². The van der Waals surface area contributed by atoms with Crippen LogP contribution in [0.25, 0.3) is 0 Å². The molecule has 0 saturated carbocycles. The molecular formula is C15H22N2O. The Balaban J connectivity index is 2.25. The second-order valence-corrected chi connectivity index (χ2v) is 5.25. The second kappa shape index (κ2) is 5.53. The molecular weight excluding hydrogens is 224 g/mol. The Hall–Kier alpha value is -1.35. The van der Waals surface area contributed by atoms with Crippen molar-refractivity contribution in [2.75, 3.05) is 6.54 Å². The lowest BCUT2D eigenvalue weighted by Crippen LogP contribution is -2.51. The number of rotatable bonds is 2. The molecule has 0 spiro atoms. The number of hydrogen-bond acceptors (Lipinski definition) is 2. The van der Waals surface area contributed by atoms with Crippen molar-refractivity contribution in [2.24, 2.45) is 5.73 Å². The predicted molar refractivity (Wildman–Crippen MR) is 73.5 cm³/mol. The molecule has 2 unspecified atom stereocenters. The molecule has 98 valence electrons. The lowest BCUT2D eigenvalue weighted by molar-refractivity contribution is 0.0494. The quantitative estimate of drug-likeness (QED) is 0.870. The molecule has 18 heavy (non-hydrogen) atoms. The maximum atomic E-state index is 12.6. The summed E-state index contributed by atoms with van der Waals surface area (Å²) in [6.45, 7) is 4.69. The van der Waals surface area contributed by atoms with Crippen LogP contribution in [0.15, 0.2) is 24.3 Å². The minimum Gasteiger partial charge on any atom is -0.332 e. The van der Waals surface area contributed by atoms with E-state index in [2.05, 4.69) is 6.92 Å². The zero-order chi connectivity index (χ0) is 13.1. The van der Waals surface area contributed by atoms with Gasteiger partial charge in [0.15, 0.2) is 0 Å². The Labute approximate surface area is 109 Å². The smallest absolute Gasteiger partial charge is 0.254 e. The molecule has 1 heterocycles. The molecule has 3 heteroatoms. The van der Waals surface area contributed by atoms with Gasteiger partial charge in [-0.05, 0) is 45.2 Å². The van der Waals surface area contributed by atoms with Crippen molar-refractivity contribution in [3.63, 3.8) is 0 Å². The first-order valence-electron chi connectivity index (χ1n) is 6.73. The van der Waals surface area contributed by atoms with Crippen LogP contribution in [0.3, 0.4) is 0 Å². The Morgan fingerprint density at radius 1 is 1.44 bits per heavy atom. The van der Waals surface area contributed by atoms with E-state index in [4.69, 9.17) is 5.73 Å². The van der Waals surface area contributed by atoms with Gasteiger partial charge in [0.2, 0.25) is 0 Å². The standard InChI is InChI=1S/C15H22N2O/c1-11-5-3-7-13(9-11)15(18)17-12(2)6-4-8-14(17)10-16/h3,5,7,9,12,14H,4,6,8,10,16H2,1-2H3. The minimum absolute atomic E-state index is 0.126. The molecule has 1 saturated heterocycles. The number of aryl methyl sites for hydroxylation is 1. The highest BCUT2D eigenvalue weighted by Crippen LogP contribution is 2.24. The summed E-state index contributed by atoms with van der Waals surface area (Å²) in [5, 5.41) is 0. The van der Waals surface area contributed by atoms with Gasteiger partial charge < -0.3 is 10.6 Å². The fraction of sp³-hybridized carbons (Fsp3) is 0.533. The topological polar surface area (TPSA) is 46.3 Å². The first-order chi connectivity index (χ1) is 8.63. The van der Waals surface area contributed by atoms with Gasteiger partial charge in [0, 0.05) is 24.2 Å². The van der Waals surface area contributed by atoms with Crippen LogP contribution in [0.2, 0.25) is 0 Å². The summed E-state index contributed by atoms with van der Waals surface area (Å²) in [5.74, 6) is 0.126. The van der Waals surface area contributed by atoms with Crippen LogP contribution >= 0.6 is 0 Å². The third-order valence-electron chi connectivity index (χ3n) is 3.80. The highest BCUT2D eigenvalue weighted by molar-refractivity contribution is 5.94. The maximum absolute atomic E-state index is 12.6. The van der Waals surface area contributed by atoms with Crippen LogP contribution in [0.5, 0.6) is 0 Å². The van der Waals surface area contributed by atoms with Crippen molar-refractivity contribution in [1.29, 1.82) is 0 Å². The molecule has 2 rings (SSSR count). The van der Waals surface area contributed by atoms with E-state index in [0.29, 0.717) is 12.6 Å². The Morgan fingerprint density at radius 3 is 2.89 bits per heavy atom. The summed E-state index contributed by atoms with van der Waals surface area (Å²) in [5.41, 5.74) is 7.71.